The minimum atomic E-state index is -1.50. The zero-order valence-corrected chi connectivity index (χ0v) is 32.0. The molecule has 0 aliphatic carbocycles. The number of quaternary nitrogens is 2. The zero-order valence-electron chi connectivity index (χ0n) is 32.0. The Morgan fingerprint density at radius 2 is 0.904 bits per heavy atom. The number of piperidine rings is 2. The van der Waals surface area contributed by atoms with Crippen LogP contribution in [0.2, 0.25) is 0 Å². The summed E-state index contributed by atoms with van der Waals surface area (Å²) in [5.41, 5.74) is 0.582. The van der Waals surface area contributed by atoms with Gasteiger partial charge in [-0.3, -0.25) is 0 Å². The number of aliphatic carboxylic acids is 2. The topological polar surface area (TPSA) is 136 Å². The molecule has 12 nitrogen and oxygen atoms in total. The first-order valence-electron chi connectivity index (χ1n) is 18.5. The Morgan fingerprint density at radius 1 is 0.596 bits per heavy atom. The highest BCUT2D eigenvalue weighted by Gasteiger charge is 2.62. The van der Waals surface area contributed by atoms with E-state index in [4.69, 9.17) is 28.4 Å². The number of carbonyl (C=O) groups is 2. The molecule has 0 spiro atoms. The molecule has 2 aromatic carbocycles. The van der Waals surface area contributed by atoms with Gasteiger partial charge in [-0.2, -0.15) is 0 Å². The Balaban J connectivity index is 1.28. The first-order valence-corrected chi connectivity index (χ1v) is 18.5. The van der Waals surface area contributed by atoms with E-state index < -0.39 is 23.8 Å². The summed E-state index contributed by atoms with van der Waals surface area (Å²) in [5.74, 6) is 0.271. The molecule has 0 saturated carbocycles. The van der Waals surface area contributed by atoms with Crippen molar-refractivity contribution in [2.24, 2.45) is 17.3 Å². The van der Waals surface area contributed by atoms with Crippen LogP contribution in [0.5, 0.6) is 34.5 Å². The summed E-state index contributed by atoms with van der Waals surface area (Å²) in [6, 6.07) is 8.64. The number of ether oxygens (including phenoxy) is 6. The third-order valence-corrected chi connectivity index (χ3v) is 14.0. The van der Waals surface area contributed by atoms with Gasteiger partial charge in [-0.05, 0) is 42.5 Å². The van der Waals surface area contributed by atoms with E-state index in [1.54, 1.807) is 42.7 Å². The Labute approximate surface area is 307 Å². The predicted molar refractivity (Wildman–Crippen MR) is 188 cm³/mol. The second-order valence-corrected chi connectivity index (χ2v) is 16.1. The molecule has 4 aliphatic rings. The predicted octanol–water partition coefficient (Wildman–Crippen LogP) is 3.09. The normalized spacial score (nSPS) is 31.7. The molecule has 4 aliphatic heterocycles. The number of carboxylic acids is 2. The van der Waals surface area contributed by atoms with E-state index in [2.05, 4.69) is 14.1 Å². The molecule has 4 fully saturated rings. The fourth-order valence-electron chi connectivity index (χ4n) is 11.4. The average Bonchev–Trinajstić information content (AvgIpc) is 3.36. The number of hydrogen-bond donors (Lipinski definition) is 0. The third kappa shape index (κ3) is 6.19. The van der Waals surface area contributed by atoms with Gasteiger partial charge in [0.05, 0.1) is 80.9 Å². The highest BCUT2D eigenvalue weighted by Crippen LogP contribution is 2.59. The molecule has 0 aromatic heterocycles. The Morgan fingerprint density at radius 3 is 1.13 bits per heavy atom. The van der Waals surface area contributed by atoms with Crippen LogP contribution in [0.3, 0.4) is 0 Å². The molecule has 52 heavy (non-hydrogen) atoms. The van der Waals surface area contributed by atoms with Crippen molar-refractivity contribution in [3.63, 3.8) is 0 Å². The van der Waals surface area contributed by atoms with Crippen molar-refractivity contribution in [1.29, 1.82) is 0 Å². The fourth-order valence-corrected chi connectivity index (χ4v) is 11.4. The summed E-state index contributed by atoms with van der Waals surface area (Å²) in [6.45, 7) is 1.42. The molecule has 2 aromatic rings. The van der Waals surface area contributed by atoms with Gasteiger partial charge in [-0.1, -0.05) is 0 Å². The van der Waals surface area contributed by atoms with Crippen LogP contribution < -0.4 is 38.6 Å². The molecule has 4 bridgehead atoms. The maximum Gasteiger partial charge on any atom is 0.203 e. The molecule has 286 valence electrons. The van der Waals surface area contributed by atoms with Crippen molar-refractivity contribution in [1.82, 2.24) is 0 Å². The lowest BCUT2D eigenvalue weighted by Gasteiger charge is -2.57. The van der Waals surface area contributed by atoms with Crippen molar-refractivity contribution in [2.45, 2.75) is 95.0 Å². The first-order chi connectivity index (χ1) is 24.8. The smallest absolute Gasteiger partial charge is 0.203 e. The van der Waals surface area contributed by atoms with Crippen LogP contribution in [-0.2, 0) is 22.7 Å². The van der Waals surface area contributed by atoms with Crippen LogP contribution >= 0.6 is 0 Å². The number of methoxy groups -OCH3 is 6. The summed E-state index contributed by atoms with van der Waals surface area (Å²) in [6.07, 6.45) is 5.81. The second kappa shape index (κ2) is 14.5. The number of fused-ring (bicyclic) bond motifs is 4. The van der Waals surface area contributed by atoms with Crippen molar-refractivity contribution in [3.8, 4) is 34.5 Å². The minimum absolute atomic E-state index is 0.171. The lowest BCUT2D eigenvalue weighted by Crippen LogP contribution is -2.65. The van der Waals surface area contributed by atoms with Gasteiger partial charge in [0.2, 0.25) is 11.5 Å². The van der Waals surface area contributed by atoms with Crippen LogP contribution in [0.1, 0.15) is 68.9 Å². The lowest BCUT2D eigenvalue weighted by atomic mass is 9.57. The van der Waals surface area contributed by atoms with Gasteiger partial charge < -0.3 is 57.2 Å². The van der Waals surface area contributed by atoms with E-state index in [9.17, 15) is 19.8 Å². The summed E-state index contributed by atoms with van der Waals surface area (Å²) in [5, 5.41) is 26.2. The maximum atomic E-state index is 13.6. The summed E-state index contributed by atoms with van der Waals surface area (Å²) < 4.78 is 35.2. The molecule has 8 atom stereocenters. The van der Waals surface area contributed by atoms with Gasteiger partial charge in [-0.25, -0.2) is 0 Å². The van der Waals surface area contributed by atoms with Gasteiger partial charge in [-0.15, -0.1) is 0 Å². The number of nitrogens with zero attached hydrogens (tertiary/aromatic N) is 2. The zero-order chi connectivity index (χ0) is 37.6. The van der Waals surface area contributed by atoms with E-state index in [1.165, 1.54) is 0 Å². The average molecular weight is 725 g/mol. The highest BCUT2D eigenvalue weighted by molar-refractivity contribution is 5.80. The number of benzene rings is 2. The van der Waals surface area contributed by atoms with Gasteiger partial charge in [0.1, 0.15) is 13.1 Å². The summed E-state index contributed by atoms with van der Waals surface area (Å²) in [7, 11) is 14.1. The van der Waals surface area contributed by atoms with Gasteiger partial charge in [0.25, 0.3) is 0 Å². The lowest BCUT2D eigenvalue weighted by molar-refractivity contribution is -0.963. The third-order valence-electron chi connectivity index (χ3n) is 14.0. The molecule has 6 rings (SSSR count). The summed E-state index contributed by atoms with van der Waals surface area (Å²) >= 11 is 0. The fraction of sp³-hybridized carbons (Fsp3) is 0.650. The number of carbonyl (C=O) groups excluding carboxylic acids is 2. The van der Waals surface area contributed by atoms with Crippen molar-refractivity contribution < 1.29 is 57.2 Å². The van der Waals surface area contributed by atoms with Crippen LogP contribution in [0.25, 0.3) is 0 Å². The SMILES string of the molecule is COc1cc(C[N+]2(C)[C@@H]3CC[C@H]2CC(C(CC(=O)[O-])(C(=O)[O-])C2C[C@H]4CC[C@@H](C2)[N+]4(C)Cc2cc(OC)c(OC)c(OC)c2)C3)cc(OC)c1OC. The monoisotopic (exact) mass is 724 g/mol. The standard InChI is InChI=1S/C40H56N2O10/c1-41(22-24-13-32(47-3)37(51-7)33(14-24)48-4)28-9-10-29(41)18-26(17-28)40(39(45)46,21-36(43)44)27-19-30-11-12-31(20-27)42(30,2)23-25-15-34(49-5)38(52-8)35(16-25)50-6/h13-16,26-31H,9-12,17-23H2,1-8H3/t26?,27?,28-,29+,30-,31+,40?,41?,42?. The van der Waals surface area contributed by atoms with Crippen LogP contribution in [0, 0.1) is 17.3 Å². The molecule has 4 saturated heterocycles. The van der Waals surface area contributed by atoms with E-state index in [0.717, 1.165) is 45.8 Å². The van der Waals surface area contributed by atoms with Crippen LogP contribution in [0.4, 0.5) is 0 Å². The maximum absolute atomic E-state index is 13.6. The van der Waals surface area contributed by atoms with Crippen molar-refractivity contribution in [3.05, 3.63) is 35.4 Å². The van der Waals surface area contributed by atoms with Gasteiger partial charge in [0, 0.05) is 79.8 Å². The summed E-state index contributed by atoms with van der Waals surface area (Å²) in [4.78, 5) is 26.2. The molecule has 4 heterocycles. The van der Waals surface area contributed by atoms with E-state index in [1.807, 2.05) is 24.3 Å². The van der Waals surface area contributed by atoms with E-state index in [0.29, 0.717) is 73.3 Å². The number of hydrogen-bond acceptors (Lipinski definition) is 10. The molecule has 4 unspecified atom stereocenters. The molecule has 0 amide bonds. The Kier molecular flexibility index (Phi) is 10.5. The van der Waals surface area contributed by atoms with Gasteiger partial charge >= 0.3 is 0 Å². The minimum Gasteiger partial charge on any atom is -0.550 e. The largest absolute Gasteiger partial charge is 0.550 e. The highest BCUT2D eigenvalue weighted by atomic mass is 16.5. The second-order valence-electron chi connectivity index (χ2n) is 16.1. The Bertz CT molecular complexity index is 1480. The molecular weight excluding hydrogens is 668 g/mol. The van der Waals surface area contributed by atoms with Crippen molar-refractivity contribution in [2.75, 3.05) is 56.8 Å². The molecule has 12 heteroatoms. The van der Waals surface area contributed by atoms with Crippen molar-refractivity contribution >= 4 is 11.9 Å². The first kappa shape index (κ1) is 37.8. The molecule has 0 N–H and O–H groups in total. The van der Waals surface area contributed by atoms with Crippen LogP contribution in [0.15, 0.2) is 24.3 Å². The van der Waals surface area contributed by atoms with Gasteiger partial charge in [0.15, 0.2) is 23.0 Å². The molecular formula is C40H56N2O10. The number of carboxylic acid groups (broad SMARTS) is 2. The van der Waals surface area contributed by atoms with Crippen LogP contribution in [-0.4, -0.2) is 102 Å². The number of rotatable bonds is 15. The molecule has 0 radical (unpaired) electrons. The van der Waals surface area contributed by atoms with E-state index in [-0.39, 0.29) is 36.0 Å². The quantitative estimate of drug-likeness (QED) is 0.252. The van der Waals surface area contributed by atoms with E-state index >= 15 is 0 Å². The Hall–Kier alpha value is -3.90.